The Morgan fingerprint density at radius 1 is 1.33 bits per heavy atom. The highest BCUT2D eigenvalue weighted by Gasteiger charge is 2.14. The van der Waals surface area contributed by atoms with Gasteiger partial charge >= 0.3 is 5.97 Å². The molecular formula is C15H9ClFNO3. The standard InChI is InChI=1S/C15H9ClFNO3/c16-10-2-1-3-11(17)9(10)7-14-18-12-5-4-8(15(19)20)6-13(12)21-14/h1-6H,7H2,(H,19,20). The number of carboxylic acids is 1. The summed E-state index contributed by atoms with van der Waals surface area (Å²) in [5.41, 5.74) is 1.26. The van der Waals surface area contributed by atoms with Gasteiger partial charge in [0.05, 0.1) is 12.0 Å². The molecule has 0 unspecified atom stereocenters. The van der Waals surface area contributed by atoms with Crippen LogP contribution >= 0.6 is 11.6 Å². The Labute approximate surface area is 123 Å². The number of aromatic nitrogens is 1. The monoisotopic (exact) mass is 305 g/mol. The van der Waals surface area contributed by atoms with Crippen LogP contribution in [0.2, 0.25) is 5.02 Å². The molecule has 1 heterocycles. The SMILES string of the molecule is O=C(O)c1ccc2nc(Cc3c(F)cccc3Cl)oc2c1. The summed E-state index contributed by atoms with van der Waals surface area (Å²) < 4.78 is 19.2. The lowest BCUT2D eigenvalue weighted by Gasteiger charge is -2.02. The number of halogens is 2. The Morgan fingerprint density at radius 2 is 2.14 bits per heavy atom. The van der Waals surface area contributed by atoms with Crippen molar-refractivity contribution in [1.82, 2.24) is 4.98 Å². The normalized spacial score (nSPS) is 11.0. The van der Waals surface area contributed by atoms with Gasteiger partial charge < -0.3 is 9.52 Å². The van der Waals surface area contributed by atoms with E-state index < -0.39 is 11.8 Å². The zero-order valence-electron chi connectivity index (χ0n) is 10.6. The number of rotatable bonds is 3. The fraction of sp³-hybridized carbons (Fsp3) is 0.0667. The van der Waals surface area contributed by atoms with Crippen molar-refractivity contribution in [2.24, 2.45) is 0 Å². The molecule has 0 spiro atoms. The third-order valence-corrected chi connectivity index (χ3v) is 3.42. The molecule has 21 heavy (non-hydrogen) atoms. The fourth-order valence-corrected chi connectivity index (χ4v) is 2.26. The Bertz CT molecular complexity index is 824. The number of hydrogen-bond donors (Lipinski definition) is 1. The van der Waals surface area contributed by atoms with Gasteiger partial charge in [0.2, 0.25) is 0 Å². The second kappa shape index (κ2) is 5.18. The van der Waals surface area contributed by atoms with Crippen LogP contribution in [0, 0.1) is 5.82 Å². The molecule has 6 heteroatoms. The van der Waals surface area contributed by atoms with Crippen molar-refractivity contribution in [2.45, 2.75) is 6.42 Å². The number of hydrogen-bond acceptors (Lipinski definition) is 3. The fourth-order valence-electron chi connectivity index (χ4n) is 2.03. The minimum atomic E-state index is -1.05. The average Bonchev–Trinajstić information content (AvgIpc) is 2.84. The summed E-state index contributed by atoms with van der Waals surface area (Å²) in [7, 11) is 0. The largest absolute Gasteiger partial charge is 0.478 e. The summed E-state index contributed by atoms with van der Waals surface area (Å²) in [6.07, 6.45) is 0.0998. The van der Waals surface area contributed by atoms with Crippen LogP contribution in [-0.4, -0.2) is 16.1 Å². The van der Waals surface area contributed by atoms with Crippen molar-refractivity contribution in [3.05, 3.63) is 64.3 Å². The average molecular weight is 306 g/mol. The van der Waals surface area contributed by atoms with E-state index in [9.17, 15) is 9.18 Å². The molecule has 0 radical (unpaired) electrons. The summed E-state index contributed by atoms with van der Waals surface area (Å²) in [4.78, 5) is 15.1. The van der Waals surface area contributed by atoms with Crippen molar-refractivity contribution in [3.63, 3.8) is 0 Å². The van der Waals surface area contributed by atoms with Crippen LogP contribution in [0.1, 0.15) is 21.8 Å². The minimum absolute atomic E-state index is 0.0998. The van der Waals surface area contributed by atoms with E-state index in [-0.39, 0.29) is 17.9 Å². The molecule has 0 amide bonds. The minimum Gasteiger partial charge on any atom is -0.478 e. The van der Waals surface area contributed by atoms with E-state index in [4.69, 9.17) is 21.1 Å². The molecule has 4 nitrogen and oxygen atoms in total. The molecule has 2 aromatic carbocycles. The topological polar surface area (TPSA) is 63.3 Å². The van der Waals surface area contributed by atoms with E-state index in [1.165, 1.54) is 24.3 Å². The zero-order valence-corrected chi connectivity index (χ0v) is 11.4. The smallest absolute Gasteiger partial charge is 0.335 e. The van der Waals surface area contributed by atoms with Gasteiger partial charge in [0.15, 0.2) is 11.5 Å². The van der Waals surface area contributed by atoms with Gasteiger partial charge in [-0.25, -0.2) is 14.2 Å². The highest BCUT2D eigenvalue weighted by molar-refractivity contribution is 6.31. The lowest BCUT2D eigenvalue weighted by molar-refractivity contribution is 0.0697. The Kier molecular flexibility index (Phi) is 3.35. The number of oxazole rings is 1. The first-order chi connectivity index (χ1) is 10.0. The quantitative estimate of drug-likeness (QED) is 0.797. The molecule has 0 saturated carbocycles. The number of benzene rings is 2. The third kappa shape index (κ3) is 2.60. The predicted molar refractivity (Wildman–Crippen MR) is 75.2 cm³/mol. The number of carboxylic acid groups (broad SMARTS) is 1. The van der Waals surface area contributed by atoms with Crippen LogP contribution in [0.25, 0.3) is 11.1 Å². The van der Waals surface area contributed by atoms with Gasteiger partial charge in [0.1, 0.15) is 11.3 Å². The highest BCUT2D eigenvalue weighted by Crippen LogP contribution is 2.24. The summed E-state index contributed by atoms with van der Waals surface area (Å²) in [5, 5.41) is 9.22. The maximum absolute atomic E-state index is 13.7. The van der Waals surface area contributed by atoms with E-state index in [0.717, 1.165) is 0 Å². The first-order valence-corrected chi connectivity index (χ1v) is 6.48. The van der Waals surface area contributed by atoms with Gasteiger partial charge in [-0.1, -0.05) is 17.7 Å². The predicted octanol–water partition coefficient (Wildman–Crippen LogP) is 3.91. The van der Waals surface area contributed by atoms with Gasteiger partial charge in [-0.3, -0.25) is 0 Å². The van der Waals surface area contributed by atoms with Crippen molar-refractivity contribution in [1.29, 1.82) is 0 Å². The molecule has 1 N–H and O–H groups in total. The molecule has 0 aliphatic rings. The van der Waals surface area contributed by atoms with E-state index in [1.54, 1.807) is 12.1 Å². The first kappa shape index (κ1) is 13.6. The van der Waals surface area contributed by atoms with E-state index >= 15 is 0 Å². The number of carbonyl (C=O) groups is 1. The molecule has 0 aliphatic carbocycles. The number of fused-ring (bicyclic) bond motifs is 1. The summed E-state index contributed by atoms with van der Waals surface area (Å²) in [6, 6.07) is 8.79. The highest BCUT2D eigenvalue weighted by atomic mass is 35.5. The van der Waals surface area contributed by atoms with Gasteiger partial charge in [0.25, 0.3) is 0 Å². The second-order valence-electron chi connectivity index (χ2n) is 4.47. The maximum atomic E-state index is 13.7. The van der Waals surface area contributed by atoms with Crippen LogP contribution in [0.15, 0.2) is 40.8 Å². The van der Waals surface area contributed by atoms with E-state index in [1.807, 2.05) is 0 Å². The zero-order chi connectivity index (χ0) is 15.0. The van der Waals surface area contributed by atoms with E-state index in [2.05, 4.69) is 4.98 Å². The molecule has 3 aromatic rings. The molecule has 3 rings (SSSR count). The number of nitrogens with zero attached hydrogens (tertiary/aromatic N) is 1. The molecule has 0 fully saturated rings. The van der Waals surface area contributed by atoms with Gasteiger partial charge in [-0.2, -0.15) is 0 Å². The maximum Gasteiger partial charge on any atom is 0.335 e. The lowest BCUT2D eigenvalue weighted by Crippen LogP contribution is -1.94. The second-order valence-corrected chi connectivity index (χ2v) is 4.88. The van der Waals surface area contributed by atoms with Gasteiger partial charge in [0, 0.05) is 10.6 Å². The van der Waals surface area contributed by atoms with Crippen LogP contribution in [-0.2, 0) is 6.42 Å². The molecule has 1 aromatic heterocycles. The van der Waals surface area contributed by atoms with Gasteiger partial charge in [-0.15, -0.1) is 0 Å². The Morgan fingerprint density at radius 3 is 2.86 bits per heavy atom. The van der Waals surface area contributed by atoms with Crippen molar-refractivity contribution in [2.75, 3.05) is 0 Å². The molecular weight excluding hydrogens is 297 g/mol. The van der Waals surface area contributed by atoms with Crippen LogP contribution in [0.5, 0.6) is 0 Å². The molecule has 0 saturated heterocycles. The van der Waals surface area contributed by atoms with E-state index in [0.29, 0.717) is 21.7 Å². The third-order valence-electron chi connectivity index (χ3n) is 3.07. The van der Waals surface area contributed by atoms with Crippen LogP contribution in [0.3, 0.4) is 0 Å². The Hall–Kier alpha value is -2.40. The summed E-state index contributed by atoms with van der Waals surface area (Å²) in [6.45, 7) is 0. The molecule has 0 bridgehead atoms. The molecule has 0 atom stereocenters. The first-order valence-electron chi connectivity index (χ1n) is 6.10. The van der Waals surface area contributed by atoms with Crippen molar-refractivity contribution >= 4 is 28.7 Å². The van der Waals surface area contributed by atoms with Crippen LogP contribution in [0.4, 0.5) is 4.39 Å². The molecule has 106 valence electrons. The molecule has 0 aliphatic heterocycles. The van der Waals surface area contributed by atoms with Crippen LogP contribution < -0.4 is 0 Å². The Balaban J connectivity index is 2.00. The van der Waals surface area contributed by atoms with Crippen molar-refractivity contribution in [3.8, 4) is 0 Å². The van der Waals surface area contributed by atoms with Gasteiger partial charge in [-0.05, 0) is 30.3 Å². The summed E-state index contributed by atoms with van der Waals surface area (Å²) >= 11 is 5.96. The summed E-state index contributed by atoms with van der Waals surface area (Å²) in [5.74, 6) is -1.21. The number of aromatic carboxylic acids is 1. The lowest BCUT2D eigenvalue weighted by atomic mass is 10.1. The van der Waals surface area contributed by atoms with Crippen molar-refractivity contribution < 1.29 is 18.7 Å².